The highest BCUT2D eigenvalue weighted by atomic mass is 19.1. The highest BCUT2D eigenvalue weighted by Crippen LogP contribution is 2.37. The first-order valence-electron chi connectivity index (χ1n) is 8.30. The fraction of sp³-hybridized carbons (Fsp3) is 0.611. The molecule has 0 saturated carbocycles. The van der Waals surface area contributed by atoms with Gasteiger partial charge in [0, 0.05) is 25.1 Å². The zero-order valence-electron chi connectivity index (χ0n) is 13.1. The van der Waals surface area contributed by atoms with E-state index in [1.54, 1.807) is 12.1 Å². The van der Waals surface area contributed by atoms with Crippen molar-refractivity contribution in [2.24, 2.45) is 5.92 Å². The van der Waals surface area contributed by atoms with Gasteiger partial charge >= 0.3 is 0 Å². The van der Waals surface area contributed by atoms with E-state index in [0.717, 1.165) is 38.8 Å². The van der Waals surface area contributed by atoms with Crippen molar-refractivity contribution in [1.29, 1.82) is 0 Å². The van der Waals surface area contributed by atoms with Crippen LogP contribution in [0.25, 0.3) is 0 Å². The summed E-state index contributed by atoms with van der Waals surface area (Å²) in [5.74, 6) is 0.336. The number of carbonyl (C=O) groups excluding carboxylic acids is 1. The van der Waals surface area contributed by atoms with Crippen LogP contribution in [-0.4, -0.2) is 30.1 Å². The molecule has 22 heavy (non-hydrogen) atoms. The second-order valence-corrected chi connectivity index (χ2v) is 6.60. The lowest BCUT2D eigenvalue weighted by atomic mass is 10.00. The zero-order valence-corrected chi connectivity index (χ0v) is 13.1. The second kappa shape index (κ2) is 6.78. The molecule has 2 heterocycles. The number of amides is 1. The Kier molecular flexibility index (Phi) is 4.77. The van der Waals surface area contributed by atoms with E-state index in [2.05, 4.69) is 6.92 Å². The Bertz CT molecular complexity index is 528. The molecule has 0 N–H and O–H groups in total. The third-order valence-corrected chi connectivity index (χ3v) is 4.80. The van der Waals surface area contributed by atoms with Crippen LogP contribution < -0.4 is 0 Å². The molecule has 0 aliphatic carbocycles. The number of likely N-dealkylation sites (tertiary alicyclic amines) is 1. The van der Waals surface area contributed by atoms with Gasteiger partial charge in [0.25, 0.3) is 0 Å². The highest BCUT2D eigenvalue weighted by molar-refractivity contribution is 5.77. The van der Waals surface area contributed by atoms with Gasteiger partial charge in [-0.05, 0) is 37.7 Å². The van der Waals surface area contributed by atoms with Crippen LogP contribution in [0.1, 0.15) is 50.6 Å². The van der Waals surface area contributed by atoms with Gasteiger partial charge in [-0.1, -0.05) is 25.1 Å². The minimum absolute atomic E-state index is 0.117. The molecule has 0 spiro atoms. The first-order valence-corrected chi connectivity index (χ1v) is 8.30. The Morgan fingerprint density at radius 2 is 2.23 bits per heavy atom. The van der Waals surface area contributed by atoms with Crippen molar-refractivity contribution < 1.29 is 13.9 Å². The Hall–Kier alpha value is -1.42. The lowest BCUT2D eigenvalue weighted by molar-refractivity contribution is -0.132. The topological polar surface area (TPSA) is 29.5 Å². The van der Waals surface area contributed by atoms with Crippen LogP contribution in [0.5, 0.6) is 0 Å². The molecule has 2 fully saturated rings. The van der Waals surface area contributed by atoms with Crippen LogP contribution in [0, 0.1) is 11.7 Å². The van der Waals surface area contributed by atoms with Gasteiger partial charge < -0.3 is 9.64 Å². The molecule has 2 aliphatic heterocycles. The van der Waals surface area contributed by atoms with Gasteiger partial charge in [-0.3, -0.25) is 4.79 Å². The van der Waals surface area contributed by atoms with Crippen molar-refractivity contribution in [3.05, 3.63) is 35.6 Å². The lowest BCUT2D eigenvalue weighted by Crippen LogP contribution is -2.32. The summed E-state index contributed by atoms with van der Waals surface area (Å²) in [7, 11) is 0. The summed E-state index contributed by atoms with van der Waals surface area (Å²) in [5, 5.41) is 0. The predicted molar refractivity (Wildman–Crippen MR) is 82.8 cm³/mol. The molecular weight excluding hydrogens is 281 g/mol. The van der Waals surface area contributed by atoms with E-state index in [-0.39, 0.29) is 23.9 Å². The average Bonchev–Trinajstić information content (AvgIpc) is 3.14. The van der Waals surface area contributed by atoms with E-state index in [1.165, 1.54) is 6.07 Å². The molecular formula is C18H24FNO2. The number of carbonyl (C=O) groups is 1. The third-order valence-electron chi connectivity index (χ3n) is 4.80. The molecule has 0 unspecified atom stereocenters. The molecule has 2 saturated heterocycles. The standard InChI is InChI=1S/C18H24FNO2/c1-13-11-17(15-6-2-3-7-16(15)19)20(12-13)18(21)9-8-14-5-4-10-22-14/h2-3,6-7,13-14,17H,4-5,8-12H2,1H3/t13-,14+,17+/m1/s1. The van der Waals surface area contributed by atoms with E-state index < -0.39 is 0 Å². The first kappa shape index (κ1) is 15.5. The molecule has 0 bridgehead atoms. The van der Waals surface area contributed by atoms with E-state index in [0.29, 0.717) is 17.9 Å². The van der Waals surface area contributed by atoms with Crippen molar-refractivity contribution in [1.82, 2.24) is 4.90 Å². The van der Waals surface area contributed by atoms with E-state index in [1.807, 2.05) is 11.0 Å². The maximum atomic E-state index is 14.1. The Balaban J connectivity index is 1.67. The second-order valence-electron chi connectivity index (χ2n) is 6.60. The van der Waals surface area contributed by atoms with Gasteiger partial charge in [0.2, 0.25) is 5.91 Å². The molecule has 3 atom stereocenters. The zero-order chi connectivity index (χ0) is 15.5. The largest absolute Gasteiger partial charge is 0.378 e. The van der Waals surface area contributed by atoms with Crippen molar-refractivity contribution in [2.75, 3.05) is 13.2 Å². The van der Waals surface area contributed by atoms with Crippen LogP contribution in [0.4, 0.5) is 4.39 Å². The van der Waals surface area contributed by atoms with Gasteiger partial charge in [0.15, 0.2) is 0 Å². The number of hydrogen-bond acceptors (Lipinski definition) is 2. The summed E-state index contributed by atoms with van der Waals surface area (Å²) in [6.45, 7) is 3.67. The normalized spacial score (nSPS) is 28.3. The van der Waals surface area contributed by atoms with Crippen LogP contribution in [0.2, 0.25) is 0 Å². The van der Waals surface area contributed by atoms with Gasteiger partial charge in [-0.2, -0.15) is 0 Å². The van der Waals surface area contributed by atoms with E-state index in [9.17, 15) is 9.18 Å². The van der Waals surface area contributed by atoms with Gasteiger partial charge in [0.1, 0.15) is 5.82 Å². The monoisotopic (exact) mass is 305 g/mol. The quantitative estimate of drug-likeness (QED) is 0.849. The molecule has 0 aromatic heterocycles. The van der Waals surface area contributed by atoms with E-state index >= 15 is 0 Å². The molecule has 0 radical (unpaired) electrons. The first-order chi connectivity index (χ1) is 10.6. The minimum Gasteiger partial charge on any atom is -0.378 e. The number of benzene rings is 1. The van der Waals surface area contributed by atoms with Gasteiger partial charge in [-0.25, -0.2) is 4.39 Å². The van der Waals surface area contributed by atoms with Gasteiger partial charge in [-0.15, -0.1) is 0 Å². The summed E-state index contributed by atoms with van der Waals surface area (Å²) < 4.78 is 19.7. The highest BCUT2D eigenvalue weighted by Gasteiger charge is 2.35. The number of hydrogen-bond donors (Lipinski definition) is 0. The molecule has 1 aromatic carbocycles. The number of halogens is 1. The molecule has 1 amide bonds. The molecule has 120 valence electrons. The van der Waals surface area contributed by atoms with Gasteiger partial charge in [0.05, 0.1) is 12.1 Å². The Morgan fingerprint density at radius 3 is 2.95 bits per heavy atom. The lowest BCUT2D eigenvalue weighted by Gasteiger charge is -2.26. The molecule has 3 nitrogen and oxygen atoms in total. The summed E-state index contributed by atoms with van der Waals surface area (Å²) in [6, 6.07) is 6.70. The smallest absolute Gasteiger partial charge is 0.223 e. The van der Waals surface area contributed by atoms with Crippen molar-refractivity contribution >= 4 is 5.91 Å². The maximum absolute atomic E-state index is 14.1. The molecule has 3 rings (SSSR count). The summed E-state index contributed by atoms with van der Waals surface area (Å²) in [5.41, 5.74) is 0.650. The third kappa shape index (κ3) is 3.32. The average molecular weight is 305 g/mol. The van der Waals surface area contributed by atoms with Crippen LogP contribution in [0.3, 0.4) is 0 Å². The minimum atomic E-state index is -0.210. The predicted octanol–water partition coefficient (Wildman–Crippen LogP) is 3.69. The number of rotatable bonds is 4. The van der Waals surface area contributed by atoms with Crippen molar-refractivity contribution in [2.45, 2.75) is 51.2 Å². The van der Waals surface area contributed by atoms with Crippen molar-refractivity contribution in [3.63, 3.8) is 0 Å². The Morgan fingerprint density at radius 1 is 1.41 bits per heavy atom. The molecule has 4 heteroatoms. The fourth-order valence-corrected chi connectivity index (χ4v) is 3.66. The van der Waals surface area contributed by atoms with Crippen LogP contribution in [-0.2, 0) is 9.53 Å². The van der Waals surface area contributed by atoms with Crippen molar-refractivity contribution in [3.8, 4) is 0 Å². The van der Waals surface area contributed by atoms with Crippen LogP contribution in [0.15, 0.2) is 24.3 Å². The maximum Gasteiger partial charge on any atom is 0.223 e. The van der Waals surface area contributed by atoms with E-state index in [4.69, 9.17) is 4.74 Å². The summed E-state index contributed by atoms with van der Waals surface area (Å²) >= 11 is 0. The SMILES string of the molecule is C[C@@H]1C[C@@H](c2ccccc2F)N(C(=O)CC[C@@H]2CCCO2)C1. The van der Waals surface area contributed by atoms with Crippen LogP contribution >= 0.6 is 0 Å². The fourth-order valence-electron chi connectivity index (χ4n) is 3.66. The molecule has 2 aliphatic rings. The number of nitrogens with zero attached hydrogens (tertiary/aromatic N) is 1. The number of ether oxygens (including phenoxy) is 1. The molecule has 1 aromatic rings. The summed E-state index contributed by atoms with van der Waals surface area (Å²) in [6.07, 6.45) is 4.51. The Labute approximate surface area is 131 Å². The summed E-state index contributed by atoms with van der Waals surface area (Å²) in [4.78, 5) is 14.5.